The maximum atomic E-state index is 8.87. The molecule has 0 aromatic heterocycles. The van der Waals surface area contributed by atoms with Gasteiger partial charge in [0.15, 0.2) is 0 Å². The van der Waals surface area contributed by atoms with Crippen LogP contribution < -0.4 is 0 Å². The minimum Gasteiger partial charge on any atom is -0.396 e. The van der Waals surface area contributed by atoms with Crippen molar-refractivity contribution in [3.8, 4) is 0 Å². The first-order valence-corrected chi connectivity index (χ1v) is 11.8. The molecule has 1 N–H and O–H groups in total. The molecule has 0 atom stereocenters. The largest absolute Gasteiger partial charge is 2.00 e. The monoisotopic (exact) mass is 541 g/mol. The van der Waals surface area contributed by atoms with Gasteiger partial charge in [-0.15, -0.1) is 0 Å². The van der Waals surface area contributed by atoms with E-state index >= 15 is 0 Å². The van der Waals surface area contributed by atoms with Crippen LogP contribution in [-0.4, -0.2) is 36.2 Å². The van der Waals surface area contributed by atoms with Crippen molar-refractivity contribution in [1.82, 2.24) is 4.90 Å². The van der Waals surface area contributed by atoms with Gasteiger partial charge in [-0.1, -0.05) is 26.7 Å². The molecule has 34 heavy (non-hydrogen) atoms. The summed E-state index contributed by atoms with van der Waals surface area (Å²) in [5.74, 6) is 5.67. The molecule has 0 unspecified atom stereocenters. The fourth-order valence-electron chi connectivity index (χ4n) is 3.59. The fraction of sp³-hybridized carbons (Fsp3) is 0.333. The van der Waals surface area contributed by atoms with Crippen LogP contribution in [0.4, 0.5) is 0 Å². The molecule has 4 rings (SSSR count). The predicted octanol–water partition coefficient (Wildman–Crippen LogP) is 5.47. The van der Waals surface area contributed by atoms with Crippen molar-refractivity contribution in [3.63, 3.8) is 0 Å². The van der Waals surface area contributed by atoms with Crippen LogP contribution in [0.5, 0.6) is 0 Å². The zero-order chi connectivity index (χ0) is 22.9. The third kappa shape index (κ3) is 15.9. The van der Waals surface area contributed by atoms with Crippen molar-refractivity contribution in [2.75, 3.05) is 26.2 Å². The number of hydrogen-bond donors (Lipinski definition) is 1. The van der Waals surface area contributed by atoms with E-state index in [-0.39, 0.29) is 34.1 Å². The Kier molecular flexibility index (Phi) is 23.8. The Morgan fingerprint density at radius 1 is 0.529 bits per heavy atom. The van der Waals surface area contributed by atoms with E-state index in [1.54, 1.807) is 0 Å². The predicted molar refractivity (Wildman–Crippen MR) is 135 cm³/mol. The van der Waals surface area contributed by atoms with Crippen LogP contribution in [0.15, 0.2) is 0 Å². The van der Waals surface area contributed by atoms with Crippen LogP contribution in [0, 0.1) is 126 Å². The molecule has 4 heteroatoms. The van der Waals surface area contributed by atoms with Crippen molar-refractivity contribution < 1.29 is 39.2 Å². The maximum absolute atomic E-state index is 8.87. The summed E-state index contributed by atoms with van der Waals surface area (Å²) in [6.07, 6.45) is 37.7. The van der Waals surface area contributed by atoms with E-state index < -0.39 is 0 Å². The Bertz CT molecular complexity index is 381. The zero-order valence-corrected chi connectivity index (χ0v) is 22.7. The van der Waals surface area contributed by atoms with Gasteiger partial charge in [-0.3, -0.25) is 0 Å². The number of unbranched alkanes of at least 4 members (excludes halogenated alkanes) is 3. The number of hydrogen-bond acceptors (Lipinski definition) is 2. The van der Waals surface area contributed by atoms with Gasteiger partial charge in [-0.05, 0) is 134 Å². The Hall–Kier alpha value is 0.959. The molecule has 4 fully saturated rings. The summed E-state index contributed by atoms with van der Waals surface area (Å²) in [6.45, 7) is 7.90. The summed E-state index contributed by atoms with van der Waals surface area (Å²) in [5.41, 5.74) is 0. The molecule has 0 aliphatic heterocycles. The van der Waals surface area contributed by atoms with E-state index in [0.29, 0.717) is 6.61 Å². The quantitative estimate of drug-likeness (QED) is 0.293. The second-order valence-electron chi connectivity index (χ2n) is 8.24. The first kappa shape index (κ1) is 35.0. The van der Waals surface area contributed by atoms with Gasteiger partial charge in [0.1, 0.15) is 0 Å². The Labute approximate surface area is 235 Å². The molecule has 4 saturated carbocycles. The van der Waals surface area contributed by atoms with Gasteiger partial charge in [0.25, 0.3) is 0 Å². The third-order valence-corrected chi connectivity index (χ3v) is 5.58. The minimum absolute atomic E-state index is 0. The van der Waals surface area contributed by atoms with E-state index in [1.165, 1.54) is 36.5 Å². The second-order valence-corrected chi connectivity index (χ2v) is 8.24. The Morgan fingerprint density at radius 2 is 0.912 bits per heavy atom. The van der Waals surface area contributed by atoms with Crippen molar-refractivity contribution in [2.24, 2.45) is 0 Å². The van der Waals surface area contributed by atoms with E-state index in [9.17, 15) is 0 Å². The van der Waals surface area contributed by atoms with Crippen molar-refractivity contribution in [3.05, 3.63) is 126 Å². The van der Waals surface area contributed by atoms with Crippen molar-refractivity contribution in [2.45, 2.75) is 39.5 Å². The number of aliphatic hydroxyl groups is 1. The molecule has 0 saturated heterocycles. The van der Waals surface area contributed by atoms with Crippen molar-refractivity contribution >= 4 is 0 Å². The number of aliphatic hydroxyl groups excluding tert-OH is 1. The molecule has 0 amide bonds. The van der Waals surface area contributed by atoms with Crippen molar-refractivity contribution in [1.29, 1.82) is 0 Å². The van der Waals surface area contributed by atoms with Gasteiger partial charge < -0.3 is 10.0 Å². The summed E-state index contributed by atoms with van der Waals surface area (Å²) in [4.78, 5) is 2.56. The van der Waals surface area contributed by atoms with Gasteiger partial charge in [0.05, 0.1) is 0 Å². The molecule has 182 valence electrons. The molecule has 0 aromatic rings. The summed E-state index contributed by atoms with van der Waals surface area (Å²) < 4.78 is 0. The topological polar surface area (TPSA) is 23.5 Å². The van der Waals surface area contributed by atoms with E-state index in [4.69, 9.17) is 5.11 Å². The summed E-state index contributed by atoms with van der Waals surface area (Å²) in [6, 6.07) is 0. The molecule has 0 heterocycles. The minimum atomic E-state index is 0. The average molecular weight is 541 g/mol. The molecule has 4 aliphatic rings. The summed E-state index contributed by atoms with van der Waals surface area (Å²) in [7, 11) is 0. The van der Waals surface area contributed by atoms with Crippen LogP contribution >= 0.6 is 0 Å². The molecular formula is C30H39Fe2NO+4. The molecule has 20 radical (unpaired) electrons. The standard InChI is InChI=1S/C20H29NO.2C5H5.2Fe/c1-17-9-7-11-19(17)15-21(13-5-3-4-6-14-22)16-20-12-8-10-18(20)2;2*1-2-4-5-3-1;;/h7-12,22H,3-6,13-16H2,1-2H3;2*1-5H;;/q;;;2*+2. The molecule has 4 aliphatic carbocycles. The van der Waals surface area contributed by atoms with Gasteiger partial charge in [0.2, 0.25) is 0 Å². The van der Waals surface area contributed by atoms with E-state index in [0.717, 1.165) is 32.5 Å². The first-order valence-electron chi connectivity index (χ1n) is 11.8. The summed E-state index contributed by atoms with van der Waals surface area (Å²) >= 11 is 0. The van der Waals surface area contributed by atoms with Gasteiger partial charge in [-0.25, -0.2) is 0 Å². The average Bonchev–Trinajstić information content (AvgIpc) is 3.61. The maximum Gasteiger partial charge on any atom is 2.00 e. The van der Waals surface area contributed by atoms with Crippen LogP contribution in [-0.2, 0) is 34.1 Å². The number of nitrogens with zero attached hydrogens (tertiary/aromatic N) is 1. The van der Waals surface area contributed by atoms with Crippen LogP contribution in [0.2, 0.25) is 0 Å². The normalized spacial score (nSPS) is 21.5. The first-order chi connectivity index (χ1) is 15.7. The zero-order valence-electron chi connectivity index (χ0n) is 20.5. The SMILES string of the molecule is C[C]1[CH][CH][CH][C]1CN(CCCCCCO)C[C]1[CH][CH][CH][C]1C.[CH]1[CH][CH][CH][CH]1.[CH]1[CH][CH][CH][CH]1.[Fe+2].[Fe+2]. The second kappa shape index (κ2) is 23.1. The van der Waals surface area contributed by atoms with E-state index in [2.05, 4.69) is 57.3 Å². The number of rotatable bonds is 10. The molecule has 0 bridgehead atoms. The third-order valence-electron chi connectivity index (χ3n) is 5.58. The van der Waals surface area contributed by atoms with Crippen LogP contribution in [0.25, 0.3) is 0 Å². The molecule has 0 spiro atoms. The van der Waals surface area contributed by atoms with E-state index in [1.807, 2.05) is 64.2 Å². The fourth-order valence-corrected chi connectivity index (χ4v) is 3.59. The Morgan fingerprint density at radius 3 is 1.24 bits per heavy atom. The molecule has 0 aromatic carbocycles. The van der Waals surface area contributed by atoms with Gasteiger partial charge in [-0.2, -0.15) is 0 Å². The molecule has 2 nitrogen and oxygen atoms in total. The smallest absolute Gasteiger partial charge is 0.396 e. The van der Waals surface area contributed by atoms with Gasteiger partial charge >= 0.3 is 34.1 Å². The molecular weight excluding hydrogens is 502 g/mol. The summed E-state index contributed by atoms with van der Waals surface area (Å²) in [5, 5.41) is 8.87. The van der Waals surface area contributed by atoms with Crippen LogP contribution in [0.3, 0.4) is 0 Å². The van der Waals surface area contributed by atoms with Crippen LogP contribution in [0.1, 0.15) is 39.5 Å². The Balaban J connectivity index is 0.000000746. The van der Waals surface area contributed by atoms with Gasteiger partial charge in [0, 0.05) is 31.5 Å².